The SMILES string of the molecule is COC(=O)c1sc(NC(=O)C=Cc2ccc(F)cc2)c(C(=O)OC)c1C. The summed E-state index contributed by atoms with van der Waals surface area (Å²) in [5, 5.41) is 2.74. The maximum Gasteiger partial charge on any atom is 0.348 e. The van der Waals surface area contributed by atoms with Crippen molar-refractivity contribution in [2.24, 2.45) is 0 Å². The van der Waals surface area contributed by atoms with E-state index >= 15 is 0 Å². The van der Waals surface area contributed by atoms with Crippen molar-refractivity contribution >= 4 is 40.3 Å². The normalized spacial score (nSPS) is 10.6. The van der Waals surface area contributed by atoms with Crippen LogP contribution in [0.1, 0.15) is 31.2 Å². The number of amides is 1. The van der Waals surface area contributed by atoms with E-state index in [-0.39, 0.29) is 21.3 Å². The van der Waals surface area contributed by atoms with Gasteiger partial charge in [0.2, 0.25) is 5.91 Å². The lowest BCUT2D eigenvalue weighted by Crippen LogP contribution is -2.11. The number of hydrogen-bond donors (Lipinski definition) is 1. The van der Waals surface area contributed by atoms with Crippen LogP contribution in [0.5, 0.6) is 0 Å². The number of ether oxygens (including phenoxy) is 2. The molecule has 2 rings (SSSR count). The first-order valence-corrected chi connectivity index (χ1v) is 8.23. The molecule has 0 aliphatic heterocycles. The van der Waals surface area contributed by atoms with E-state index in [2.05, 4.69) is 10.1 Å². The first-order chi connectivity index (χ1) is 12.4. The highest BCUT2D eigenvalue weighted by molar-refractivity contribution is 7.18. The van der Waals surface area contributed by atoms with E-state index in [0.29, 0.717) is 11.1 Å². The Bertz CT molecular complexity index is 870. The van der Waals surface area contributed by atoms with Gasteiger partial charge in [0.05, 0.1) is 19.8 Å². The third kappa shape index (κ3) is 4.34. The van der Waals surface area contributed by atoms with Crippen molar-refractivity contribution in [3.8, 4) is 0 Å². The minimum Gasteiger partial charge on any atom is -0.465 e. The zero-order chi connectivity index (χ0) is 19.3. The van der Waals surface area contributed by atoms with E-state index in [1.165, 1.54) is 50.6 Å². The van der Waals surface area contributed by atoms with Gasteiger partial charge < -0.3 is 14.8 Å². The number of nitrogens with one attached hydrogen (secondary N) is 1. The lowest BCUT2D eigenvalue weighted by Gasteiger charge is -2.04. The van der Waals surface area contributed by atoms with E-state index < -0.39 is 17.8 Å². The summed E-state index contributed by atoms with van der Waals surface area (Å²) in [5.41, 5.74) is 1.10. The van der Waals surface area contributed by atoms with Gasteiger partial charge in [0.1, 0.15) is 15.7 Å². The van der Waals surface area contributed by atoms with Crippen molar-refractivity contribution in [2.45, 2.75) is 6.92 Å². The molecule has 26 heavy (non-hydrogen) atoms. The maximum atomic E-state index is 12.9. The number of esters is 2. The van der Waals surface area contributed by atoms with Gasteiger partial charge in [-0.15, -0.1) is 11.3 Å². The standard InChI is InChI=1S/C18H16FNO5S/c1-10-14(17(22)24-2)16(26-15(10)18(23)25-3)20-13(21)9-6-11-4-7-12(19)8-5-11/h4-9H,1-3H3,(H,20,21). The van der Waals surface area contributed by atoms with Crippen molar-refractivity contribution in [1.29, 1.82) is 0 Å². The molecule has 0 aliphatic rings. The molecule has 1 aromatic carbocycles. The Morgan fingerprint density at radius 3 is 2.27 bits per heavy atom. The van der Waals surface area contributed by atoms with Crippen molar-refractivity contribution in [3.63, 3.8) is 0 Å². The van der Waals surface area contributed by atoms with Gasteiger partial charge in [-0.05, 0) is 36.3 Å². The van der Waals surface area contributed by atoms with Crippen LogP contribution in [-0.2, 0) is 14.3 Å². The Balaban J connectivity index is 2.26. The second-order valence-electron chi connectivity index (χ2n) is 5.12. The minimum atomic E-state index is -0.674. The first-order valence-electron chi connectivity index (χ1n) is 7.42. The van der Waals surface area contributed by atoms with Gasteiger partial charge in [-0.1, -0.05) is 12.1 Å². The molecule has 0 atom stereocenters. The molecule has 1 amide bonds. The quantitative estimate of drug-likeness (QED) is 0.638. The molecule has 1 N–H and O–H groups in total. The van der Waals surface area contributed by atoms with E-state index in [1.54, 1.807) is 6.92 Å². The fourth-order valence-electron chi connectivity index (χ4n) is 2.14. The highest BCUT2D eigenvalue weighted by atomic mass is 32.1. The molecule has 0 saturated heterocycles. The molecule has 1 aromatic heterocycles. The van der Waals surface area contributed by atoms with Crippen LogP contribution in [0.25, 0.3) is 6.08 Å². The van der Waals surface area contributed by atoms with Gasteiger partial charge in [-0.2, -0.15) is 0 Å². The zero-order valence-corrected chi connectivity index (χ0v) is 15.1. The number of halogens is 1. The molecule has 8 heteroatoms. The molecular formula is C18H16FNO5S. The number of thiophene rings is 1. The van der Waals surface area contributed by atoms with Crippen LogP contribution < -0.4 is 5.32 Å². The fourth-order valence-corrected chi connectivity index (χ4v) is 3.25. The number of methoxy groups -OCH3 is 2. The highest BCUT2D eigenvalue weighted by Crippen LogP contribution is 2.34. The molecule has 0 radical (unpaired) electrons. The monoisotopic (exact) mass is 377 g/mol. The third-order valence-electron chi connectivity index (χ3n) is 3.44. The summed E-state index contributed by atoms with van der Waals surface area (Å²) in [4.78, 5) is 36.2. The highest BCUT2D eigenvalue weighted by Gasteiger charge is 2.26. The molecule has 1 heterocycles. The van der Waals surface area contributed by atoms with Crippen LogP contribution in [0.2, 0.25) is 0 Å². The third-order valence-corrected chi connectivity index (χ3v) is 4.63. The zero-order valence-electron chi connectivity index (χ0n) is 14.3. The Labute approximate surface area is 153 Å². The summed E-state index contributed by atoms with van der Waals surface area (Å²) in [6, 6.07) is 5.59. The fraction of sp³-hybridized carbons (Fsp3) is 0.167. The topological polar surface area (TPSA) is 81.7 Å². The molecule has 0 unspecified atom stereocenters. The summed E-state index contributed by atoms with van der Waals surface area (Å²) in [6.45, 7) is 1.57. The molecule has 2 aromatic rings. The van der Waals surface area contributed by atoms with Crippen molar-refractivity contribution in [3.05, 3.63) is 57.7 Å². The molecule has 0 spiro atoms. The van der Waals surface area contributed by atoms with Gasteiger partial charge in [0.25, 0.3) is 0 Å². The minimum absolute atomic E-state index is 0.0985. The second kappa shape index (κ2) is 8.39. The molecule has 136 valence electrons. The summed E-state index contributed by atoms with van der Waals surface area (Å²) >= 11 is 0.924. The molecule has 0 aliphatic carbocycles. The van der Waals surface area contributed by atoms with Gasteiger partial charge in [-0.25, -0.2) is 14.0 Å². The van der Waals surface area contributed by atoms with E-state index in [1.807, 2.05) is 0 Å². The van der Waals surface area contributed by atoms with Crippen molar-refractivity contribution in [2.75, 3.05) is 19.5 Å². The molecule has 0 bridgehead atoms. The predicted molar refractivity (Wildman–Crippen MR) is 95.8 cm³/mol. The van der Waals surface area contributed by atoms with Gasteiger partial charge >= 0.3 is 11.9 Å². The summed E-state index contributed by atoms with van der Waals surface area (Å²) in [5.74, 6) is -2.18. The Morgan fingerprint density at radius 2 is 1.69 bits per heavy atom. The molecule has 0 saturated carbocycles. The van der Waals surface area contributed by atoms with E-state index in [4.69, 9.17) is 4.74 Å². The Morgan fingerprint density at radius 1 is 1.08 bits per heavy atom. The Hall–Kier alpha value is -3.00. The number of benzene rings is 1. The van der Waals surface area contributed by atoms with Crippen LogP contribution in [0, 0.1) is 12.7 Å². The predicted octanol–water partition coefficient (Wildman–Crippen LogP) is 3.42. The molecule has 6 nitrogen and oxygen atoms in total. The average molecular weight is 377 g/mol. The summed E-state index contributed by atoms with van der Waals surface area (Å²) in [6.07, 6.45) is 2.73. The van der Waals surface area contributed by atoms with Crippen LogP contribution in [-0.4, -0.2) is 32.1 Å². The van der Waals surface area contributed by atoms with E-state index in [9.17, 15) is 18.8 Å². The molecular weight excluding hydrogens is 361 g/mol. The lowest BCUT2D eigenvalue weighted by molar-refractivity contribution is -0.111. The average Bonchev–Trinajstić information content (AvgIpc) is 2.96. The number of carbonyl (C=O) groups excluding carboxylic acids is 3. The van der Waals surface area contributed by atoms with Crippen molar-refractivity contribution in [1.82, 2.24) is 0 Å². The smallest absolute Gasteiger partial charge is 0.348 e. The number of carbonyl (C=O) groups is 3. The number of anilines is 1. The van der Waals surface area contributed by atoms with Gasteiger partial charge in [-0.3, -0.25) is 4.79 Å². The second-order valence-corrected chi connectivity index (χ2v) is 6.14. The number of hydrogen-bond acceptors (Lipinski definition) is 6. The summed E-state index contributed by atoms with van der Waals surface area (Å²) in [7, 11) is 2.43. The Kier molecular flexibility index (Phi) is 6.24. The van der Waals surface area contributed by atoms with Crippen molar-refractivity contribution < 1.29 is 28.2 Å². The van der Waals surface area contributed by atoms with Gasteiger partial charge in [0, 0.05) is 6.08 Å². The van der Waals surface area contributed by atoms with Crippen LogP contribution in [0.4, 0.5) is 9.39 Å². The lowest BCUT2D eigenvalue weighted by atomic mass is 10.1. The number of rotatable bonds is 5. The van der Waals surface area contributed by atoms with E-state index in [0.717, 1.165) is 11.3 Å². The molecule has 0 fully saturated rings. The summed E-state index contributed by atoms with van der Waals surface area (Å²) < 4.78 is 22.3. The van der Waals surface area contributed by atoms with Gasteiger partial charge in [0.15, 0.2) is 0 Å². The largest absolute Gasteiger partial charge is 0.465 e. The first kappa shape index (κ1) is 19.3. The van der Waals surface area contributed by atoms with Crippen LogP contribution in [0.3, 0.4) is 0 Å². The maximum absolute atomic E-state index is 12.9. The van der Waals surface area contributed by atoms with Crippen LogP contribution in [0.15, 0.2) is 30.3 Å². The van der Waals surface area contributed by atoms with Crippen LogP contribution >= 0.6 is 11.3 Å².